The molecule has 0 aliphatic carbocycles. The highest BCUT2D eigenvalue weighted by molar-refractivity contribution is 14.1. The van der Waals surface area contributed by atoms with Crippen LogP contribution in [0.15, 0.2) is 24.8 Å². The molecule has 0 aliphatic heterocycles. The predicted molar refractivity (Wildman–Crippen MR) is 145 cm³/mol. The number of aromatic nitrogens is 8. The third kappa shape index (κ3) is 6.50. The van der Waals surface area contributed by atoms with Gasteiger partial charge in [-0.05, 0) is 59.0 Å². The van der Waals surface area contributed by atoms with Crippen LogP contribution < -0.4 is 0 Å². The standard InChI is InChI=1S/C10H12ClIN4O.C10H12ClIN4/c1-3-16-5-6(9(11)13-16)8(17)7-4-15(2)14-10(7)12;1-3-16-6-7(9(11)13-16)4-8-5-15(2)14-10(8)12/h4-5,8,17H,3H2,1-2H3;5-6H,3-4H2,1-2H3. The van der Waals surface area contributed by atoms with Gasteiger partial charge in [-0.2, -0.15) is 20.4 Å². The van der Waals surface area contributed by atoms with Gasteiger partial charge in [0.15, 0.2) is 10.3 Å². The van der Waals surface area contributed by atoms with Crippen LogP contribution in [0.5, 0.6) is 0 Å². The molecule has 0 aromatic carbocycles. The molecule has 0 fully saturated rings. The molecular formula is C20H24Cl2I2N8O. The number of aryl methyl sites for hydroxylation is 4. The van der Waals surface area contributed by atoms with Crippen molar-refractivity contribution in [3.8, 4) is 0 Å². The minimum Gasteiger partial charge on any atom is -0.383 e. The Balaban J connectivity index is 0.000000186. The summed E-state index contributed by atoms with van der Waals surface area (Å²) in [5.41, 5.74) is 3.58. The second-order valence-electron chi connectivity index (χ2n) is 7.28. The topological polar surface area (TPSA) is 91.5 Å². The highest BCUT2D eigenvalue weighted by Crippen LogP contribution is 2.29. The van der Waals surface area contributed by atoms with E-state index in [-0.39, 0.29) is 0 Å². The van der Waals surface area contributed by atoms with Crippen LogP contribution in [0, 0.1) is 7.40 Å². The Morgan fingerprint density at radius 2 is 1.36 bits per heavy atom. The van der Waals surface area contributed by atoms with Crippen molar-refractivity contribution in [2.45, 2.75) is 39.5 Å². The maximum absolute atomic E-state index is 10.3. The highest BCUT2D eigenvalue weighted by atomic mass is 127. The van der Waals surface area contributed by atoms with Crippen LogP contribution in [0.3, 0.4) is 0 Å². The summed E-state index contributed by atoms with van der Waals surface area (Å²) in [5, 5.41) is 28.0. The van der Waals surface area contributed by atoms with Gasteiger partial charge in [0.25, 0.3) is 0 Å². The van der Waals surface area contributed by atoms with Crippen LogP contribution in [-0.4, -0.2) is 44.2 Å². The normalized spacial score (nSPS) is 12.0. The van der Waals surface area contributed by atoms with E-state index in [0.717, 1.165) is 38.0 Å². The first-order valence-electron chi connectivity index (χ1n) is 10.1. The fourth-order valence-electron chi connectivity index (χ4n) is 3.14. The molecular weight excluding hydrogens is 693 g/mol. The number of halogens is 4. The van der Waals surface area contributed by atoms with Crippen LogP contribution in [0.1, 0.15) is 42.2 Å². The van der Waals surface area contributed by atoms with Crippen LogP contribution in [0.4, 0.5) is 0 Å². The molecule has 1 atom stereocenters. The Morgan fingerprint density at radius 3 is 1.85 bits per heavy atom. The zero-order chi connectivity index (χ0) is 24.3. The van der Waals surface area contributed by atoms with Gasteiger partial charge < -0.3 is 5.11 Å². The lowest BCUT2D eigenvalue weighted by molar-refractivity contribution is 0.219. The van der Waals surface area contributed by atoms with Crippen LogP contribution in [-0.2, 0) is 33.6 Å². The quantitative estimate of drug-likeness (QED) is 0.298. The molecule has 33 heavy (non-hydrogen) atoms. The first-order chi connectivity index (χ1) is 15.6. The van der Waals surface area contributed by atoms with Gasteiger partial charge in [-0.1, -0.05) is 23.2 Å². The minimum absolute atomic E-state index is 0.332. The van der Waals surface area contributed by atoms with E-state index in [1.807, 2.05) is 49.7 Å². The molecule has 0 aliphatic rings. The van der Waals surface area contributed by atoms with Gasteiger partial charge >= 0.3 is 0 Å². The lowest BCUT2D eigenvalue weighted by Crippen LogP contribution is -2.00. The molecule has 4 rings (SSSR count). The van der Waals surface area contributed by atoms with Crippen molar-refractivity contribution in [2.24, 2.45) is 14.1 Å². The predicted octanol–water partition coefficient (Wildman–Crippen LogP) is 4.46. The van der Waals surface area contributed by atoms with E-state index < -0.39 is 6.10 Å². The first-order valence-corrected chi connectivity index (χ1v) is 13.0. The molecule has 0 bridgehead atoms. The van der Waals surface area contributed by atoms with E-state index in [0.29, 0.717) is 15.9 Å². The van der Waals surface area contributed by atoms with Crippen molar-refractivity contribution in [1.29, 1.82) is 0 Å². The fourth-order valence-corrected chi connectivity index (χ4v) is 5.05. The number of aliphatic hydroxyl groups is 1. The van der Waals surface area contributed by atoms with Gasteiger partial charge in [0.1, 0.15) is 13.5 Å². The molecule has 4 aromatic rings. The van der Waals surface area contributed by atoms with Gasteiger partial charge in [0.2, 0.25) is 0 Å². The third-order valence-corrected chi connectivity index (χ3v) is 7.17. The maximum atomic E-state index is 10.3. The van der Waals surface area contributed by atoms with E-state index in [4.69, 9.17) is 23.2 Å². The van der Waals surface area contributed by atoms with Crippen molar-refractivity contribution in [2.75, 3.05) is 0 Å². The zero-order valence-corrected chi connectivity index (χ0v) is 24.4. The average molecular weight is 717 g/mol. The summed E-state index contributed by atoms with van der Waals surface area (Å²) in [7, 11) is 3.73. The second-order valence-corrected chi connectivity index (χ2v) is 10.0. The number of rotatable bonds is 6. The van der Waals surface area contributed by atoms with Crippen LogP contribution in [0.2, 0.25) is 10.3 Å². The molecule has 0 radical (unpaired) electrons. The summed E-state index contributed by atoms with van der Waals surface area (Å²) in [4.78, 5) is 0. The van der Waals surface area contributed by atoms with Crippen molar-refractivity contribution < 1.29 is 5.11 Å². The maximum Gasteiger partial charge on any atom is 0.157 e. The molecule has 0 amide bonds. The van der Waals surface area contributed by atoms with Crippen molar-refractivity contribution in [3.63, 3.8) is 0 Å². The number of hydrogen-bond acceptors (Lipinski definition) is 5. The molecule has 4 heterocycles. The summed E-state index contributed by atoms with van der Waals surface area (Å²) in [5.74, 6) is 0. The van der Waals surface area contributed by atoms with E-state index in [1.165, 1.54) is 5.56 Å². The van der Waals surface area contributed by atoms with Gasteiger partial charge in [-0.25, -0.2) is 0 Å². The van der Waals surface area contributed by atoms with Crippen molar-refractivity contribution in [1.82, 2.24) is 39.1 Å². The molecule has 13 heteroatoms. The van der Waals surface area contributed by atoms with Crippen molar-refractivity contribution >= 4 is 68.4 Å². The molecule has 0 saturated heterocycles. The van der Waals surface area contributed by atoms with E-state index in [1.54, 1.807) is 21.8 Å². The van der Waals surface area contributed by atoms with Crippen LogP contribution >= 0.6 is 68.4 Å². The van der Waals surface area contributed by atoms with E-state index in [9.17, 15) is 5.11 Å². The molecule has 4 aromatic heterocycles. The lowest BCUT2D eigenvalue weighted by Gasteiger charge is -2.06. The Labute approximate surface area is 229 Å². The number of hydrogen-bond donors (Lipinski definition) is 1. The fraction of sp³-hybridized carbons (Fsp3) is 0.400. The largest absolute Gasteiger partial charge is 0.383 e. The molecule has 178 valence electrons. The molecule has 0 spiro atoms. The third-order valence-electron chi connectivity index (χ3n) is 4.81. The Bertz CT molecular complexity index is 1230. The monoisotopic (exact) mass is 716 g/mol. The summed E-state index contributed by atoms with van der Waals surface area (Å²) >= 11 is 16.4. The first kappa shape index (κ1) is 26.4. The van der Waals surface area contributed by atoms with Crippen LogP contribution in [0.25, 0.3) is 0 Å². The summed E-state index contributed by atoms with van der Waals surface area (Å²) in [6, 6.07) is 0. The van der Waals surface area contributed by atoms with Gasteiger partial charge in [-0.3, -0.25) is 18.7 Å². The number of nitrogens with zero attached hydrogens (tertiary/aromatic N) is 8. The molecule has 1 N–H and O–H groups in total. The van der Waals surface area contributed by atoms with E-state index in [2.05, 4.69) is 65.6 Å². The average Bonchev–Trinajstić information content (AvgIpc) is 3.49. The summed E-state index contributed by atoms with van der Waals surface area (Å²) in [6.45, 7) is 5.56. The van der Waals surface area contributed by atoms with Gasteiger partial charge in [0.05, 0.1) is 0 Å². The molecule has 1 unspecified atom stereocenters. The Hall–Kier alpha value is -1.16. The lowest BCUT2D eigenvalue weighted by atomic mass is 10.1. The zero-order valence-electron chi connectivity index (χ0n) is 18.5. The molecule has 0 saturated carbocycles. The summed E-state index contributed by atoms with van der Waals surface area (Å²) < 4.78 is 8.80. The van der Waals surface area contributed by atoms with E-state index >= 15 is 0 Å². The number of aliphatic hydroxyl groups excluding tert-OH is 1. The Kier molecular flexibility index (Phi) is 9.23. The van der Waals surface area contributed by atoms with Crippen molar-refractivity contribution in [3.05, 3.63) is 64.7 Å². The highest BCUT2D eigenvalue weighted by Gasteiger charge is 2.21. The minimum atomic E-state index is -0.789. The SMILES string of the molecule is CCn1cc(C(O)c2cn(C)nc2I)c(Cl)n1.CCn1cc(Cc2cn(C)nc2I)c(Cl)n1. The second kappa shape index (κ2) is 11.5. The van der Waals surface area contributed by atoms with Gasteiger partial charge in [0, 0.05) is 80.6 Å². The Morgan fingerprint density at radius 1 is 0.788 bits per heavy atom. The smallest absolute Gasteiger partial charge is 0.157 e. The van der Waals surface area contributed by atoms with Gasteiger partial charge in [-0.15, -0.1) is 0 Å². The summed E-state index contributed by atoms with van der Waals surface area (Å²) in [6.07, 6.45) is 7.54. The molecule has 9 nitrogen and oxygen atoms in total.